The van der Waals surface area contributed by atoms with Crippen molar-refractivity contribution in [3.8, 4) is 11.4 Å². The number of para-hydroxylation sites is 2. The molecule has 0 saturated heterocycles. The van der Waals surface area contributed by atoms with E-state index in [2.05, 4.69) is 20.2 Å². The molecular formula is C30H27ClN6O2. The van der Waals surface area contributed by atoms with Crippen molar-refractivity contribution in [3.63, 3.8) is 0 Å². The van der Waals surface area contributed by atoms with Crippen molar-refractivity contribution in [3.05, 3.63) is 126 Å². The van der Waals surface area contributed by atoms with Crippen LogP contribution >= 0.6 is 11.6 Å². The van der Waals surface area contributed by atoms with Crippen molar-refractivity contribution >= 4 is 35.4 Å². The first-order valence-corrected chi connectivity index (χ1v) is 12.8. The number of nitrogens with one attached hydrogen (secondary N) is 2. The van der Waals surface area contributed by atoms with E-state index in [0.29, 0.717) is 38.9 Å². The standard InChI is InChI=1S/C30H27ClN6O2/c1-18-9-5-7-11-27(18)36-29(38)23(20(3)34-36)16-32-22-13-14-25(31)26(15-22)33-17-24-21(4)35-37(30(24)39)28-12-8-6-10-19(28)2/h5-17,34-35H,1-4H3. The molecule has 9 heteroatoms. The zero-order chi connectivity index (χ0) is 27.7. The number of H-pyrrole nitrogens is 2. The molecule has 8 nitrogen and oxygen atoms in total. The summed E-state index contributed by atoms with van der Waals surface area (Å²) in [6, 6.07) is 20.4. The fraction of sp³-hybridized carbons (Fsp3) is 0.133. The summed E-state index contributed by atoms with van der Waals surface area (Å²) in [5.41, 5.74) is 6.42. The van der Waals surface area contributed by atoms with Crippen molar-refractivity contribution in [2.75, 3.05) is 0 Å². The van der Waals surface area contributed by atoms with Gasteiger partial charge in [0.25, 0.3) is 11.1 Å². The fourth-order valence-corrected chi connectivity index (χ4v) is 4.51. The number of hydrogen-bond donors (Lipinski definition) is 2. The number of aryl methyl sites for hydroxylation is 4. The van der Waals surface area contributed by atoms with Gasteiger partial charge in [-0.05, 0) is 69.2 Å². The van der Waals surface area contributed by atoms with E-state index < -0.39 is 0 Å². The number of aromatic amines is 2. The molecule has 2 N–H and O–H groups in total. The molecule has 196 valence electrons. The maximum atomic E-state index is 13.1. The summed E-state index contributed by atoms with van der Waals surface area (Å²) in [6.07, 6.45) is 3.05. The molecule has 0 unspecified atom stereocenters. The summed E-state index contributed by atoms with van der Waals surface area (Å²) in [7, 11) is 0. The number of aliphatic imine (C=N–C) groups is 2. The maximum Gasteiger partial charge on any atom is 0.280 e. The van der Waals surface area contributed by atoms with Gasteiger partial charge < -0.3 is 0 Å². The van der Waals surface area contributed by atoms with E-state index in [4.69, 9.17) is 11.6 Å². The number of aromatic nitrogens is 4. The molecule has 0 aliphatic heterocycles. The van der Waals surface area contributed by atoms with Crippen LogP contribution in [0, 0.1) is 27.7 Å². The summed E-state index contributed by atoms with van der Waals surface area (Å²) in [5, 5.41) is 6.66. The van der Waals surface area contributed by atoms with E-state index in [1.807, 2.05) is 76.2 Å². The van der Waals surface area contributed by atoms with Gasteiger partial charge in [0, 0.05) is 23.8 Å². The molecule has 0 spiro atoms. The van der Waals surface area contributed by atoms with Crippen LogP contribution in [0.25, 0.3) is 11.4 Å². The van der Waals surface area contributed by atoms with E-state index in [0.717, 1.165) is 22.5 Å². The van der Waals surface area contributed by atoms with Gasteiger partial charge in [0.1, 0.15) is 0 Å². The Hall–Kier alpha value is -4.69. The van der Waals surface area contributed by atoms with Gasteiger partial charge in [-0.3, -0.25) is 29.8 Å². The lowest BCUT2D eigenvalue weighted by Crippen LogP contribution is -2.18. The van der Waals surface area contributed by atoms with Crippen LogP contribution in [-0.4, -0.2) is 32.0 Å². The second kappa shape index (κ2) is 10.6. The summed E-state index contributed by atoms with van der Waals surface area (Å²) in [6.45, 7) is 7.56. The summed E-state index contributed by atoms with van der Waals surface area (Å²) in [4.78, 5) is 35.2. The number of halogens is 1. The minimum atomic E-state index is -0.205. The number of benzene rings is 3. The molecule has 3 aromatic carbocycles. The largest absolute Gasteiger partial charge is 0.295 e. The van der Waals surface area contributed by atoms with Crippen molar-refractivity contribution in [2.24, 2.45) is 9.98 Å². The third-order valence-corrected chi connectivity index (χ3v) is 6.87. The van der Waals surface area contributed by atoms with Crippen LogP contribution in [0.5, 0.6) is 0 Å². The second-order valence-corrected chi connectivity index (χ2v) is 9.71. The highest BCUT2D eigenvalue weighted by molar-refractivity contribution is 6.33. The molecule has 0 aliphatic carbocycles. The first kappa shape index (κ1) is 25.9. The Bertz CT molecular complexity index is 1870. The Morgan fingerprint density at radius 1 is 0.692 bits per heavy atom. The monoisotopic (exact) mass is 538 g/mol. The van der Waals surface area contributed by atoms with E-state index in [9.17, 15) is 9.59 Å². The van der Waals surface area contributed by atoms with E-state index in [1.165, 1.54) is 21.8 Å². The normalized spacial score (nSPS) is 11.7. The molecule has 0 aliphatic rings. The van der Waals surface area contributed by atoms with Gasteiger partial charge in [0.2, 0.25) is 0 Å². The minimum Gasteiger partial charge on any atom is -0.295 e. The quantitative estimate of drug-likeness (QED) is 0.258. The molecule has 2 heterocycles. The predicted molar refractivity (Wildman–Crippen MR) is 158 cm³/mol. The van der Waals surface area contributed by atoms with E-state index >= 15 is 0 Å². The highest BCUT2D eigenvalue weighted by Gasteiger charge is 2.14. The second-order valence-electron chi connectivity index (χ2n) is 9.31. The van der Waals surface area contributed by atoms with Gasteiger partial charge in [0.15, 0.2) is 0 Å². The Labute approximate surface area is 229 Å². The molecule has 0 saturated carbocycles. The molecule has 2 aromatic heterocycles. The molecular weight excluding hydrogens is 512 g/mol. The van der Waals surface area contributed by atoms with Crippen LogP contribution in [0.15, 0.2) is 86.3 Å². The average molecular weight is 539 g/mol. The first-order chi connectivity index (χ1) is 18.7. The molecule has 39 heavy (non-hydrogen) atoms. The van der Waals surface area contributed by atoms with Crippen LogP contribution < -0.4 is 11.1 Å². The van der Waals surface area contributed by atoms with Crippen molar-refractivity contribution in [1.29, 1.82) is 0 Å². The lowest BCUT2D eigenvalue weighted by molar-refractivity contribution is 0.829. The third kappa shape index (κ3) is 5.06. The number of nitrogens with zero attached hydrogens (tertiary/aromatic N) is 4. The Balaban J connectivity index is 1.44. The van der Waals surface area contributed by atoms with Crippen LogP contribution in [0.2, 0.25) is 5.02 Å². The SMILES string of the molecule is Cc1ccccc1-n1[nH]c(C)c(C=Nc2ccc(Cl)c(N=Cc3c(C)[nH]n(-c4ccccc4C)c3=O)c2)c1=O. The molecule has 0 amide bonds. The summed E-state index contributed by atoms with van der Waals surface area (Å²) >= 11 is 6.40. The van der Waals surface area contributed by atoms with Crippen molar-refractivity contribution in [1.82, 2.24) is 19.6 Å². The number of rotatable bonds is 6. The van der Waals surface area contributed by atoms with Gasteiger partial charge >= 0.3 is 0 Å². The Morgan fingerprint density at radius 3 is 1.69 bits per heavy atom. The van der Waals surface area contributed by atoms with Crippen LogP contribution in [0.1, 0.15) is 33.6 Å². The fourth-order valence-electron chi connectivity index (χ4n) is 4.34. The molecule has 0 radical (unpaired) electrons. The molecule has 0 atom stereocenters. The average Bonchev–Trinajstić information content (AvgIpc) is 3.36. The van der Waals surface area contributed by atoms with Gasteiger partial charge in [-0.1, -0.05) is 48.0 Å². The van der Waals surface area contributed by atoms with Gasteiger partial charge in [-0.25, -0.2) is 9.36 Å². The van der Waals surface area contributed by atoms with Gasteiger partial charge in [-0.15, -0.1) is 0 Å². The zero-order valence-electron chi connectivity index (χ0n) is 22.0. The van der Waals surface area contributed by atoms with Gasteiger partial charge in [-0.2, -0.15) is 0 Å². The smallest absolute Gasteiger partial charge is 0.280 e. The van der Waals surface area contributed by atoms with Gasteiger partial charge in [0.05, 0.1) is 38.9 Å². The van der Waals surface area contributed by atoms with Crippen molar-refractivity contribution in [2.45, 2.75) is 27.7 Å². The summed E-state index contributed by atoms with van der Waals surface area (Å²) < 4.78 is 3.03. The topological polar surface area (TPSA) is 100 Å². The maximum absolute atomic E-state index is 13.1. The molecule has 5 rings (SSSR count). The molecule has 0 bridgehead atoms. The van der Waals surface area contributed by atoms with E-state index in [-0.39, 0.29) is 11.1 Å². The van der Waals surface area contributed by atoms with Crippen LogP contribution in [0.4, 0.5) is 11.4 Å². The molecule has 5 aromatic rings. The highest BCUT2D eigenvalue weighted by atomic mass is 35.5. The summed E-state index contributed by atoms with van der Waals surface area (Å²) in [5.74, 6) is 0. The lowest BCUT2D eigenvalue weighted by atomic mass is 10.2. The van der Waals surface area contributed by atoms with Crippen molar-refractivity contribution < 1.29 is 0 Å². The van der Waals surface area contributed by atoms with Crippen LogP contribution in [0.3, 0.4) is 0 Å². The third-order valence-electron chi connectivity index (χ3n) is 6.55. The van der Waals surface area contributed by atoms with E-state index in [1.54, 1.807) is 18.2 Å². The zero-order valence-corrected chi connectivity index (χ0v) is 22.7. The molecule has 0 fully saturated rings. The Kier molecular flexibility index (Phi) is 7.04. The predicted octanol–water partition coefficient (Wildman–Crippen LogP) is 6.03. The Morgan fingerprint density at radius 2 is 1.18 bits per heavy atom. The first-order valence-electron chi connectivity index (χ1n) is 12.4. The highest BCUT2D eigenvalue weighted by Crippen LogP contribution is 2.29. The lowest BCUT2D eigenvalue weighted by Gasteiger charge is -2.04. The van der Waals surface area contributed by atoms with Crippen LogP contribution in [-0.2, 0) is 0 Å². The minimum absolute atomic E-state index is 0.189. The number of hydrogen-bond acceptors (Lipinski definition) is 4.